The molecule has 0 atom stereocenters. The number of nitrogens with zero attached hydrogens (tertiary/aromatic N) is 4. The molecule has 2 rings (SSSR count). The van der Waals surface area contributed by atoms with Gasteiger partial charge in [-0.15, -0.1) is 0 Å². The Bertz CT molecular complexity index is 606. The van der Waals surface area contributed by atoms with E-state index in [1.807, 2.05) is 0 Å². The van der Waals surface area contributed by atoms with Crippen LogP contribution in [-0.2, 0) is 0 Å². The van der Waals surface area contributed by atoms with Gasteiger partial charge in [0.05, 0.1) is 6.61 Å². The van der Waals surface area contributed by atoms with Gasteiger partial charge in [-0.05, 0) is 30.3 Å². The van der Waals surface area contributed by atoms with Crippen LogP contribution in [0.25, 0.3) is 0 Å². The number of ether oxygens (including phenoxy) is 1. The minimum Gasteiger partial charge on any atom is -0.464 e. The molecule has 9 heteroatoms. The van der Waals surface area contributed by atoms with Crippen LogP contribution in [0.3, 0.4) is 0 Å². The van der Waals surface area contributed by atoms with Crippen molar-refractivity contribution in [1.29, 1.82) is 0 Å². The van der Waals surface area contributed by atoms with Crippen LogP contribution in [0.15, 0.2) is 27.4 Å². The normalized spacial score (nSPS) is 10.3. The number of nitrogens with one attached hydrogen (secondary N) is 1. The fourth-order valence-corrected chi connectivity index (χ4v) is 1.94. The average molecular weight is 286 g/mol. The molecule has 2 heterocycles. The molecule has 0 bridgehead atoms. The molecular weight excluding hydrogens is 278 g/mol. The van der Waals surface area contributed by atoms with Gasteiger partial charge in [-0.2, -0.15) is 15.0 Å². The predicted molar refractivity (Wildman–Crippen MR) is 65.0 cm³/mol. The summed E-state index contributed by atoms with van der Waals surface area (Å²) in [4.78, 5) is 29.3. The lowest BCUT2D eigenvalue weighted by Crippen LogP contribution is -2.06. The van der Waals surface area contributed by atoms with Crippen molar-refractivity contribution in [1.82, 2.24) is 24.9 Å². The molecule has 0 aliphatic carbocycles. The van der Waals surface area contributed by atoms with Gasteiger partial charge in [-0.3, -0.25) is 4.79 Å². The van der Waals surface area contributed by atoms with E-state index in [-0.39, 0.29) is 16.9 Å². The first-order valence-corrected chi connectivity index (χ1v) is 6.14. The third kappa shape index (κ3) is 3.41. The lowest BCUT2D eigenvalue weighted by molar-refractivity contribution is 0.307. The number of hydrogen-bond donors (Lipinski definition) is 1. The van der Waals surface area contributed by atoms with E-state index in [2.05, 4.69) is 24.9 Å². The first-order chi connectivity index (χ1) is 8.67. The van der Waals surface area contributed by atoms with Gasteiger partial charge in [0.1, 0.15) is 0 Å². The molecule has 0 saturated heterocycles. The van der Waals surface area contributed by atoms with E-state index in [4.69, 9.17) is 16.3 Å². The Morgan fingerprint density at radius 2 is 2.28 bits per heavy atom. The molecule has 0 saturated carbocycles. The van der Waals surface area contributed by atoms with E-state index in [0.717, 1.165) is 11.8 Å². The zero-order valence-corrected chi connectivity index (χ0v) is 10.8. The second-order valence-corrected chi connectivity index (χ2v) is 4.24. The number of aromatic amines is 1. The Balaban J connectivity index is 2.25. The summed E-state index contributed by atoms with van der Waals surface area (Å²) < 4.78 is 5.14. The molecular formula is C9H8ClN5O2S. The summed E-state index contributed by atoms with van der Waals surface area (Å²) in [5.41, 5.74) is -0.252. The molecule has 0 aromatic carbocycles. The van der Waals surface area contributed by atoms with Crippen LogP contribution in [0.4, 0.5) is 0 Å². The molecule has 94 valence electrons. The standard InChI is InChI=1S/C9H8ClN5O2S/c1-2-17-7-13-6(10)14-9(15-7)18-8-11-4-3-5(16)12-8/h3-4H,2H2,1H3,(H,11,12,16). The van der Waals surface area contributed by atoms with E-state index >= 15 is 0 Å². The van der Waals surface area contributed by atoms with Gasteiger partial charge in [0, 0.05) is 12.3 Å². The molecule has 1 N–H and O–H groups in total. The van der Waals surface area contributed by atoms with E-state index < -0.39 is 0 Å². The molecule has 2 aromatic rings. The molecule has 0 fully saturated rings. The van der Waals surface area contributed by atoms with Crippen molar-refractivity contribution in [2.45, 2.75) is 17.2 Å². The Kier molecular flexibility index (Phi) is 4.11. The molecule has 0 amide bonds. The topological polar surface area (TPSA) is 93.6 Å². The van der Waals surface area contributed by atoms with E-state index in [1.165, 1.54) is 12.3 Å². The van der Waals surface area contributed by atoms with Crippen LogP contribution in [0.1, 0.15) is 6.92 Å². The van der Waals surface area contributed by atoms with Crippen LogP contribution in [0.5, 0.6) is 6.01 Å². The van der Waals surface area contributed by atoms with Crippen molar-refractivity contribution in [2.24, 2.45) is 0 Å². The Labute approximate surface area is 111 Å². The van der Waals surface area contributed by atoms with Crippen LogP contribution in [0, 0.1) is 0 Å². The van der Waals surface area contributed by atoms with Gasteiger partial charge in [0.25, 0.3) is 5.56 Å². The summed E-state index contributed by atoms with van der Waals surface area (Å²) >= 11 is 6.80. The lowest BCUT2D eigenvalue weighted by Gasteiger charge is -2.03. The minimum atomic E-state index is -0.252. The molecule has 0 aliphatic rings. The zero-order valence-electron chi connectivity index (χ0n) is 9.25. The highest BCUT2D eigenvalue weighted by Crippen LogP contribution is 2.22. The summed E-state index contributed by atoms with van der Waals surface area (Å²) in [5, 5.41) is 0.689. The maximum absolute atomic E-state index is 11.1. The van der Waals surface area contributed by atoms with E-state index in [9.17, 15) is 4.79 Å². The maximum Gasteiger partial charge on any atom is 0.321 e. The first kappa shape index (κ1) is 12.8. The summed E-state index contributed by atoms with van der Waals surface area (Å²) in [7, 11) is 0. The first-order valence-electron chi connectivity index (χ1n) is 4.95. The molecule has 0 radical (unpaired) electrons. The second-order valence-electron chi connectivity index (χ2n) is 2.94. The van der Waals surface area contributed by atoms with E-state index in [0.29, 0.717) is 16.9 Å². The molecule has 18 heavy (non-hydrogen) atoms. The average Bonchev–Trinajstić information content (AvgIpc) is 2.28. The van der Waals surface area contributed by atoms with Crippen LogP contribution < -0.4 is 10.3 Å². The number of rotatable bonds is 4. The highest BCUT2D eigenvalue weighted by atomic mass is 35.5. The third-order valence-electron chi connectivity index (χ3n) is 1.68. The van der Waals surface area contributed by atoms with Gasteiger partial charge < -0.3 is 9.72 Å². The molecule has 2 aromatic heterocycles. The molecule has 0 unspecified atom stereocenters. The van der Waals surface area contributed by atoms with Crippen molar-refractivity contribution >= 4 is 23.4 Å². The fourth-order valence-electron chi connectivity index (χ4n) is 1.04. The van der Waals surface area contributed by atoms with Crippen molar-refractivity contribution in [3.05, 3.63) is 27.9 Å². The van der Waals surface area contributed by atoms with Crippen LogP contribution in [-0.4, -0.2) is 31.5 Å². The summed E-state index contributed by atoms with van der Waals surface area (Å²) in [6, 6.07) is 1.45. The SMILES string of the molecule is CCOc1nc(Cl)nc(Sc2nccc(=O)[nH]2)n1. The Morgan fingerprint density at radius 3 is 3.00 bits per heavy atom. The van der Waals surface area contributed by atoms with Gasteiger partial charge >= 0.3 is 6.01 Å². The fraction of sp³-hybridized carbons (Fsp3) is 0.222. The molecule has 7 nitrogen and oxygen atoms in total. The molecule has 0 aliphatic heterocycles. The highest BCUT2D eigenvalue weighted by Gasteiger charge is 2.08. The summed E-state index contributed by atoms with van der Waals surface area (Å²) in [6.45, 7) is 2.23. The predicted octanol–water partition coefficient (Wildman–Crippen LogP) is 1.16. The molecule has 0 spiro atoms. The highest BCUT2D eigenvalue weighted by molar-refractivity contribution is 7.99. The Hall–Kier alpha value is -1.67. The number of aromatic nitrogens is 5. The Morgan fingerprint density at radius 1 is 1.44 bits per heavy atom. The van der Waals surface area contributed by atoms with E-state index in [1.54, 1.807) is 6.92 Å². The number of H-pyrrole nitrogens is 1. The smallest absolute Gasteiger partial charge is 0.321 e. The van der Waals surface area contributed by atoms with Crippen molar-refractivity contribution in [2.75, 3.05) is 6.61 Å². The van der Waals surface area contributed by atoms with Gasteiger partial charge in [0.15, 0.2) is 5.16 Å². The third-order valence-corrected chi connectivity index (χ3v) is 2.61. The monoisotopic (exact) mass is 285 g/mol. The van der Waals surface area contributed by atoms with Gasteiger partial charge in [0.2, 0.25) is 10.4 Å². The number of hydrogen-bond acceptors (Lipinski definition) is 7. The lowest BCUT2D eigenvalue weighted by atomic mass is 10.7. The van der Waals surface area contributed by atoms with Crippen LogP contribution in [0.2, 0.25) is 5.28 Å². The maximum atomic E-state index is 11.1. The second kappa shape index (κ2) is 5.78. The number of halogens is 1. The minimum absolute atomic E-state index is 0.0224. The van der Waals surface area contributed by atoms with Crippen molar-refractivity contribution in [3.8, 4) is 6.01 Å². The van der Waals surface area contributed by atoms with Crippen LogP contribution >= 0.6 is 23.4 Å². The summed E-state index contributed by atoms with van der Waals surface area (Å²) in [6.07, 6.45) is 1.40. The van der Waals surface area contributed by atoms with Crippen molar-refractivity contribution in [3.63, 3.8) is 0 Å². The van der Waals surface area contributed by atoms with Crippen molar-refractivity contribution < 1.29 is 4.74 Å². The quantitative estimate of drug-likeness (QED) is 0.842. The zero-order chi connectivity index (χ0) is 13.0. The van der Waals surface area contributed by atoms with Gasteiger partial charge in [-0.25, -0.2) is 4.98 Å². The summed E-state index contributed by atoms with van der Waals surface area (Å²) in [5.74, 6) is 0. The van der Waals surface area contributed by atoms with Gasteiger partial charge in [-0.1, -0.05) is 0 Å². The largest absolute Gasteiger partial charge is 0.464 e.